The van der Waals surface area contributed by atoms with E-state index in [0.29, 0.717) is 45.9 Å². The molecular weight excluding hydrogens is 446 g/mol. The molecule has 3 aliphatic rings. The average molecular weight is 482 g/mol. The fourth-order valence-corrected chi connectivity index (χ4v) is 5.39. The van der Waals surface area contributed by atoms with Gasteiger partial charge in [0.25, 0.3) is 0 Å². The maximum atomic E-state index is 12.8. The number of aliphatic hydroxyl groups excluding tert-OH is 1. The summed E-state index contributed by atoms with van der Waals surface area (Å²) < 4.78 is 17.6. The van der Waals surface area contributed by atoms with E-state index in [1.54, 1.807) is 12.4 Å². The second kappa shape index (κ2) is 11.6. The van der Waals surface area contributed by atoms with E-state index in [2.05, 4.69) is 34.1 Å². The maximum absolute atomic E-state index is 12.8. The van der Waals surface area contributed by atoms with Crippen LogP contribution < -0.4 is 0 Å². The van der Waals surface area contributed by atoms with Crippen LogP contribution in [0.2, 0.25) is 0 Å². The van der Waals surface area contributed by atoms with Crippen LogP contribution in [0.1, 0.15) is 24.8 Å². The van der Waals surface area contributed by atoms with Crippen LogP contribution in [0.25, 0.3) is 11.1 Å². The first-order valence-corrected chi connectivity index (χ1v) is 12.7. The van der Waals surface area contributed by atoms with Crippen LogP contribution in [-0.2, 0) is 25.5 Å². The Bertz CT molecular complexity index is 968. The van der Waals surface area contributed by atoms with E-state index >= 15 is 0 Å². The van der Waals surface area contributed by atoms with Gasteiger partial charge in [0.15, 0.2) is 0 Å². The number of aliphatic hydroxyl groups is 1. The predicted octanol–water partition coefficient (Wildman–Crippen LogP) is 2.11. The first kappa shape index (κ1) is 24.3. The van der Waals surface area contributed by atoms with Crippen LogP contribution >= 0.6 is 0 Å². The Morgan fingerprint density at radius 1 is 1.03 bits per heavy atom. The van der Waals surface area contributed by atoms with Crippen molar-refractivity contribution in [3.05, 3.63) is 54.4 Å². The number of carbonyl (C=O) groups excluding carboxylic acids is 1. The number of nitrogens with zero attached hydrogens (tertiary/aromatic N) is 3. The Labute approximate surface area is 206 Å². The summed E-state index contributed by atoms with van der Waals surface area (Å²) in [6, 6.07) is 12.7. The average Bonchev–Trinajstić information content (AvgIpc) is 2.89. The molecule has 0 aliphatic carbocycles. The Balaban J connectivity index is 1.26. The van der Waals surface area contributed by atoms with Gasteiger partial charge in [-0.1, -0.05) is 18.2 Å². The van der Waals surface area contributed by atoms with Crippen LogP contribution in [0.5, 0.6) is 0 Å². The molecule has 3 fully saturated rings. The number of morpholine rings is 1. The summed E-state index contributed by atoms with van der Waals surface area (Å²) in [5.41, 5.74) is 3.48. The Kier molecular flexibility index (Phi) is 8.06. The molecule has 2 aromatic rings. The minimum atomic E-state index is -0.542. The number of rotatable bonds is 5. The quantitative estimate of drug-likeness (QED) is 0.700. The molecule has 0 spiro atoms. The van der Waals surface area contributed by atoms with Crippen LogP contribution in [0, 0.1) is 0 Å². The first-order valence-electron chi connectivity index (χ1n) is 12.7. The first-order chi connectivity index (χ1) is 17.2. The molecule has 4 atom stereocenters. The van der Waals surface area contributed by atoms with Crippen LogP contribution in [-0.4, -0.2) is 96.2 Å². The zero-order valence-electron chi connectivity index (χ0n) is 20.1. The highest BCUT2D eigenvalue weighted by Crippen LogP contribution is 2.30. The molecule has 3 aliphatic heterocycles. The molecule has 0 bridgehead atoms. The monoisotopic (exact) mass is 481 g/mol. The number of amides is 1. The number of pyridine rings is 1. The lowest BCUT2D eigenvalue weighted by molar-refractivity contribution is -0.162. The smallest absolute Gasteiger partial charge is 0.225 e. The van der Waals surface area contributed by atoms with E-state index in [-0.39, 0.29) is 30.8 Å². The summed E-state index contributed by atoms with van der Waals surface area (Å²) in [6.45, 7) is 4.50. The van der Waals surface area contributed by atoms with Crippen molar-refractivity contribution in [1.82, 2.24) is 14.8 Å². The largest absolute Gasteiger partial charge is 0.389 e. The molecule has 188 valence electrons. The van der Waals surface area contributed by atoms with Crippen molar-refractivity contribution in [2.75, 3.05) is 46.1 Å². The Morgan fingerprint density at radius 2 is 1.86 bits per heavy atom. The SMILES string of the molecule is O=C(C[C@H]1CC[C@@H]2[C@H](COC[C@@H](O)CN2Cc2cccc(-c3ccncc3)c2)O1)N1CCOCC1. The van der Waals surface area contributed by atoms with E-state index in [1.807, 2.05) is 17.0 Å². The highest BCUT2D eigenvalue weighted by Gasteiger charge is 2.38. The number of hydrogen-bond donors (Lipinski definition) is 1. The molecule has 1 N–H and O–H groups in total. The Morgan fingerprint density at radius 3 is 2.69 bits per heavy atom. The van der Waals surface area contributed by atoms with Gasteiger partial charge >= 0.3 is 0 Å². The molecule has 0 saturated carbocycles. The number of β-amino-alcohol motifs (C(OH)–C–C–N with tert-alkyl or cyclic N) is 1. The van der Waals surface area contributed by atoms with Gasteiger partial charge in [-0.25, -0.2) is 0 Å². The van der Waals surface area contributed by atoms with Crippen molar-refractivity contribution in [3.63, 3.8) is 0 Å². The van der Waals surface area contributed by atoms with Crippen LogP contribution in [0.4, 0.5) is 0 Å². The van der Waals surface area contributed by atoms with E-state index in [4.69, 9.17) is 14.2 Å². The normalized spacial score (nSPS) is 28.1. The summed E-state index contributed by atoms with van der Waals surface area (Å²) in [6.07, 6.45) is 4.98. The van der Waals surface area contributed by atoms with Crippen molar-refractivity contribution < 1.29 is 24.1 Å². The molecule has 8 nitrogen and oxygen atoms in total. The maximum Gasteiger partial charge on any atom is 0.225 e. The van der Waals surface area contributed by atoms with Gasteiger partial charge in [0.2, 0.25) is 5.91 Å². The van der Waals surface area contributed by atoms with Crippen molar-refractivity contribution in [2.45, 2.75) is 50.2 Å². The van der Waals surface area contributed by atoms with Crippen molar-refractivity contribution in [2.24, 2.45) is 0 Å². The van der Waals surface area contributed by atoms with Gasteiger partial charge in [0.05, 0.1) is 51.2 Å². The van der Waals surface area contributed by atoms with Crippen LogP contribution in [0.3, 0.4) is 0 Å². The molecule has 5 rings (SSSR count). The number of carbonyl (C=O) groups is 1. The van der Waals surface area contributed by atoms with E-state index in [0.717, 1.165) is 30.5 Å². The summed E-state index contributed by atoms with van der Waals surface area (Å²) in [5.74, 6) is 0.142. The zero-order chi connectivity index (χ0) is 24.0. The molecule has 4 heterocycles. The predicted molar refractivity (Wildman–Crippen MR) is 131 cm³/mol. The van der Waals surface area contributed by atoms with E-state index < -0.39 is 6.10 Å². The van der Waals surface area contributed by atoms with Crippen molar-refractivity contribution in [1.29, 1.82) is 0 Å². The summed E-state index contributed by atoms with van der Waals surface area (Å²) in [5, 5.41) is 10.5. The highest BCUT2D eigenvalue weighted by molar-refractivity contribution is 5.76. The topological polar surface area (TPSA) is 84.4 Å². The minimum absolute atomic E-state index is 0.101. The van der Waals surface area contributed by atoms with Crippen molar-refractivity contribution >= 4 is 5.91 Å². The van der Waals surface area contributed by atoms with E-state index in [1.165, 1.54) is 5.56 Å². The van der Waals surface area contributed by atoms with Gasteiger partial charge in [0, 0.05) is 44.6 Å². The number of ether oxygens (including phenoxy) is 3. The molecule has 35 heavy (non-hydrogen) atoms. The van der Waals surface area contributed by atoms with Gasteiger partial charge in [0.1, 0.15) is 0 Å². The zero-order valence-corrected chi connectivity index (χ0v) is 20.1. The molecule has 1 amide bonds. The number of fused-ring (bicyclic) bond motifs is 1. The molecule has 1 aromatic heterocycles. The molecule has 0 radical (unpaired) electrons. The lowest BCUT2D eigenvalue weighted by atomic mass is 9.94. The molecule has 3 saturated heterocycles. The van der Waals surface area contributed by atoms with Gasteiger partial charge in [-0.05, 0) is 47.7 Å². The third-order valence-corrected chi connectivity index (χ3v) is 7.18. The van der Waals surface area contributed by atoms with Crippen LogP contribution in [0.15, 0.2) is 48.8 Å². The summed E-state index contributed by atoms with van der Waals surface area (Å²) in [4.78, 5) is 21.1. The highest BCUT2D eigenvalue weighted by atomic mass is 16.5. The lowest BCUT2D eigenvalue weighted by Crippen LogP contribution is -2.55. The second-order valence-electron chi connectivity index (χ2n) is 9.70. The van der Waals surface area contributed by atoms with Gasteiger partial charge < -0.3 is 24.2 Å². The second-order valence-corrected chi connectivity index (χ2v) is 9.70. The standard InChI is InChI=1S/C27H35N3O5/c31-23-17-30(16-20-2-1-3-22(14-20)21-6-8-28-9-7-21)25-5-4-24(35-26(25)19-34-18-23)15-27(32)29-10-12-33-13-11-29/h1-3,6-9,14,23-26,31H,4-5,10-13,15-19H2/t23-,24+,25+,26-/m0/s1. The number of hydrogen-bond acceptors (Lipinski definition) is 7. The van der Waals surface area contributed by atoms with Gasteiger partial charge in [-0.3, -0.25) is 14.7 Å². The van der Waals surface area contributed by atoms with Crippen molar-refractivity contribution in [3.8, 4) is 11.1 Å². The summed E-state index contributed by atoms with van der Waals surface area (Å²) in [7, 11) is 0. The molecule has 0 unspecified atom stereocenters. The number of aromatic nitrogens is 1. The van der Waals surface area contributed by atoms with E-state index in [9.17, 15) is 9.90 Å². The van der Waals surface area contributed by atoms with Gasteiger partial charge in [-0.15, -0.1) is 0 Å². The minimum Gasteiger partial charge on any atom is -0.389 e. The molecular formula is C27H35N3O5. The molecule has 8 heteroatoms. The number of benzene rings is 1. The van der Waals surface area contributed by atoms with Gasteiger partial charge in [-0.2, -0.15) is 0 Å². The third kappa shape index (κ3) is 6.26. The summed E-state index contributed by atoms with van der Waals surface area (Å²) >= 11 is 0. The fraction of sp³-hybridized carbons (Fsp3) is 0.556. The molecule has 1 aromatic carbocycles. The lowest BCUT2D eigenvalue weighted by Gasteiger charge is -2.44. The fourth-order valence-electron chi connectivity index (χ4n) is 5.39. The third-order valence-electron chi connectivity index (χ3n) is 7.18. The Hall–Kier alpha value is -2.36.